The molecule has 0 aromatic heterocycles. The molecule has 30 heavy (non-hydrogen) atoms. The Hall–Kier alpha value is -3.27. The lowest BCUT2D eigenvalue weighted by molar-refractivity contribution is -0.125. The molecule has 156 valence electrons. The van der Waals surface area contributed by atoms with E-state index in [1.165, 1.54) is 12.1 Å². The van der Waals surface area contributed by atoms with Crippen molar-refractivity contribution in [3.63, 3.8) is 0 Å². The highest BCUT2D eigenvalue weighted by molar-refractivity contribution is 6.00. The highest BCUT2D eigenvalue weighted by Crippen LogP contribution is 2.32. The minimum Gasteiger partial charge on any atom is -0.394 e. The fourth-order valence-corrected chi connectivity index (χ4v) is 4.14. The van der Waals surface area contributed by atoms with Crippen molar-refractivity contribution >= 4 is 11.8 Å². The molecular formula is C21H22FN5O3. The van der Waals surface area contributed by atoms with E-state index in [0.717, 1.165) is 6.07 Å². The van der Waals surface area contributed by atoms with Gasteiger partial charge in [0.25, 0.3) is 0 Å². The van der Waals surface area contributed by atoms with Crippen LogP contribution in [0.4, 0.5) is 4.39 Å². The van der Waals surface area contributed by atoms with Crippen LogP contribution in [-0.4, -0.2) is 42.2 Å². The Morgan fingerprint density at radius 1 is 1.43 bits per heavy atom. The molecule has 8 nitrogen and oxygen atoms in total. The van der Waals surface area contributed by atoms with E-state index in [2.05, 4.69) is 22.0 Å². The number of nitrogens with one attached hydrogen (secondary N) is 3. The van der Waals surface area contributed by atoms with Gasteiger partial charge in [0.2, 0.25) is 11.8 Å². The Kier molecular flexibility index (Phi) is 6.46. The molecule has 4 N–H and O–H groups in total. The van der Waals surface area contributed by atoms with Crippen LogP contribution in [0.1, 0.15) is 36.9 Å². The summed E-state index contributed by atoms with van der Waals surface area (Å²) in [6, 6.07) is 6.15. The van der Waals surface area contributed by atoms with Gasteiger partial charge in [-0.05, 0) is 32.0 Å². The maximum atomic E-state index is 14.3. The second-order valence-corrected chi connectivity index (χ2v) is 7.44. The van der Waals surface area contributed by atoms with Gasteiger partial charge in [0.05, 0.1) is 36.8 Å². The van der Waals surface area contributed by atoms with Crippen molar-refractivity contribution in [2.24, 2.45) is 5.92 Å². The van der Waals surface area contributed by atoms with Crippen LogP contribution in [0, 0.1) is 34.4 Å². The third-order valence-corrected chi connectivity index (χ3v) is 5.68. The smallest absolute Gasteiger partial charge is 0.247 e. The molecule has 0 bridgehead atoms. The van der Waals surface area contributed by atoms with E-state index in [-0.39, 0.29) is 41.0 Å². The predicted octanol–water partition coefficient (Wildman–Crippen LogP) is 0.554. The number of rotatable bonds is 5. The third-order valence-electron chi connectivity index (χ3n) is 5.68. The SMILES string of the molecule is CC1=C(CC(=O)N[C@@H](CO)c2ccc(C#N)cc2F)C(=O)NC2CCNC(C#N)C12. The summed E-state index contributed by atoms with van der Waals surface area (Å²) in [6.45, 7) is 1.82. The fourth-order valence-electron chi connectivity index (χ4n) is 4.14. The Morgan fingerprint density at radius 3 is 2.83 bits per heavy atom. The molecular weight excluding hydrogens is 389 g/mol. The van der Waals surface area contributed by atoms with Gasteiger partial charge >= 0.3 is 0 Å². The van der Waals surface area contributed by atoms with Crippen LogP contribution in [0.5, 0.6) is 0 Å². The quantitative estimate of drug-likeness (QED) is 0.558. The lowest BCUT2D eigenvalue weighted by Crippen LogP contribution is -2.58. The van der Waals surface area contributed by atoms with Gasteiger partial charge in [-0.15, -0.1) is 0 Å². The summed E-state index contributed by atoms with van der Waals surface area (Å²) < 4.78 is 14.3. The van der Waals surface area contributed by atoms with Crippen LogP contribution in [0.2, 0.25) is 0 Å². The van der Waals surface area contributed by atoms with Crippen LogP contribution < -0.4 is 16.0 Å². The van der Waals surface area contributed by atoms with E-state index in [4.69, 9.17) is 5.26 Å². The molecule has 1 saturated heterocycles. The monoisotopic (exact) mass is 411 g/mol. The number of aliphatic hydroxyl groups excluding tert-OH is 1. The second-order valence-electron chi connectivity index (χ2n) is 7.44. The van der Waals surface area contributed by atoms with Crippen LogP contribution >= 0.6 is 0 Å². The number of carbonyl (C=O) groups is 2. The molecule has 1 fully saturated rings. The Morgan fingerprint density at radius 2 is 2.20 bits per heavy atom. The lowest BCUT2D eigenvalue weighted by Gasteiger charge is -2.41. The van der Waals surface area contributed by atoms with Crippen molar-refractivity contribution in [2.75, 3.05) is 13.2 Å². The summed E-state index contributed by atoms with van der Waals surface area (Å²) in [5, 5.41) is 36.4. The number of hydrogen-bond acceptors (Lipinski definition) is 6. The van der Waals surface area contributed by atoms with Gasteiger partial charge in [-0.3, -0.25) is 9.59 Å². The molecule has 0 spiro atoms. The molecule has 3 unspecified atom stereocenters. The molecule has 3 rings (SSSR count). The normalized spacial score (nSPS) is 24.2. The summed E-state index contributed by atoms with van der Waals surface area (Å²) in [6.07, 6.45) is 0.434. The average molecular weight is 411 g/mol. The van der Waals surface area contributed by atoms with Crippen LogP contribution in [0.3, 0.4) is 0 Å². The number of amides is 2. The number of fused-ring (bicyclic) bond motifs is 1. The van der Waals surface area contributed by atoms with Crippen LogP contribution in [0.25, 0.3) is 0 Å². The molecule has 2 heterocycles. The minimum absolute atomic E-state index is 0.0461. The molecule has 1 aromatic carbocycles. The predicted molar refractivity (Wildman–Crippen MR) is 104 cm³/mol. The first-order chi connectivity index (χ1) is 14.4. The van der Waals surface area contributed by atoms with Gasteiger partial charge in [0, 0.05) is 23.1 Å². The molecule has 0 saturated carbocycles. The van der Waals surface area contributed by atoms with Crippen LogP contribution in [0.15, 0.2) is 29.3 Å². The highest BCUT2D eigenvalue weighted by Gasteiger charge is 2.41. The van der Waals surface area contributed by atoms with Gasteiger partial charge < -0.3 is 21.1 Å². The second kappa shape index (κ2) is 9.04. The number of nitrogens with zero attached hydrogens (tertiary/aromatic N) is 2. The van der Waals surface area contributed by atoms with Crippen molar-refractivity contribution < 1.29 is 19.1 Å². The lowest BCUT2D eigenvalue weighted by atomic mass is 9.76. The molecule has 9 heteroatoms. The Labute approximate surface area is 173 Å². The first-order valence-electron chi connectivity index (χ1n) is 9.62. The van der Waals surface area contributed by atoms with E-state index in [1.807, 2.05) is 6.07 Å². The van der Waals surface area contributed by atoms with Gasteiger partial charge in [0.1, 0.15) is 11.9 Å². The maximum absolute atomic E-state index is 14.3. The summed E-state index contributed by atoms with van der Waals surface area (Å²) in [4.78, 5) is 25.1. The number of halogens is 1. The van der Waals surface area contributed by atoms with E-state index in [9.17, 15) is 24.3 Å². The molecule has 0 aliphatic carbocycles. The summed E-state index contributed by atoms with van der Waals surface area (Å²) in [5.41, 5.74) is 1.13. The van der Waals surface area contributed by atoms with Crippen molar-refractivity contribution in [1.29, 1.82) is 10.5 Å². The maximum Gasteiger partial charge on any atom is 0.247 e. The van der Waals surface area contributed by atoms with E-state index >= 15 is 0 Å². The molecule has 2 amide bonds. The van der Waals surface area contributed by atoms with Crippen LogP contribution in [-0.2, 0) is 9.59 Å². The Balaban J connectivity index is 1.78. The summed E-state index contributed by atoms with van der Waals surface area (Å²) >= 11 is 0. The number of piperidine rings is 1. The molecule has 0 radical (unpaired) electrons. The van der Waals surface area contributed by atoms with Crippen molar-refractivity contribution in [1.82, 2.24) is 16.0 Å². The number of carbonyl (C=O) groups excluding carboxylic acids is 2. The third kappa shape index (κ3) is 4.18. The van der Waals surface area contributed by atoms with E-state index in [0.29, 0.717) is 18.5 Å². The van der Waals surface area contributed by atoms with Gasteiger partial charge in [0.15, 0.2) is 0 Å². The number of nitriles is 2. The zero-order valence-corrected chi connectivity index (χ0v) is 16.4. The average Bonchev–Trinajstić information content (AvgIpc) is 2.74. The topological polar surface area (TPSA) is 138 Å². The highest BCUT2D eigenvalue weighted by atomic mass is 19.1. The van der Waals surface area contributed by atoms with Crippen molar-refractivity contribution in [3.8, 4) is 12.1 Å². The Bertz CT molecular complexity index is 978. The standard InChI is InChI=1S/C21H22FN5O3/c1-11-14(21(30)27-16-4-5-25-17(9-24)20(11)16)7-19(29)26-18(10-28)13-3-2-12(8-23)6-15(13)22/h2-3,6,16-18,20,25,28H,4-5,7,10H2,1H3,(H,26,29)(H,27,30)/t16?,17?,18-,20?/m0/s1. The van der Waals surface area contributed by atoms with Gasteiger partial charge in [-0.2, -0.15) is 10.5 Å². The molecule has 2 aliphatic rings. The van der Waals surface area contributed by atoms with Crippen molar-refractivity contribution in [2.45, 2.75) is 37.9 Å². The van der Waals surface area contributed by atoms with E-state index < -0.39 is 30.4 Å². The zero-order valence-electron chi connectivity index (χ0n) is 16.4. The number of aliphatic hydroxyl groups is 1. The van der Waals surface area contributed by atoms with Gasteiger partial charge in [-0.25, -0.2) is 4.39 Å². The summed E-state index contributed by atoms with van der Waals surface area (Å²) in [7, 11) is 0. The first-order valence-corrected chi connectivity index (χ1v) is 9.62. The molecule has 2 aliphatic heterocycles. The first kappa shape index (κ1) is 21.4. The van der Waals surface area contributed by atoms with Crippen molar-refractivity contribution in [3.05, 3.63) is 46.3 Å². The number of hydrogen-bond donors (Lipinski definition) is 4. The molecule has 1 aromatic rings. The fraction of sp³-hybridized carbons (Fsp3) is 0.429. The minimum atomic E-state index is -1.02. The largest absolute Gasteiger partial charge is 0.394 e. The van der Waals surface area contributed by atoms with E-state index in [1.54, 1.807) is 6.92 Å². The molecule has 4 atom stereocenters. The zero-order chi connectivity index (χ0) is 21.8. The summed E-state index contributed by atoms with van der Waals surface area (Å²) in [5.74, 6) is -1.85. The van der Waals surface area contributed by atoms with Gasteiger partial charge in [-0.1, -0.05) is 11.6 Å². The number of benzene rings is 1.